The number of benzene rings is 2. The summed E-state index contributed by atoms with van der Waals surface area (Å²) in [6, 6.07) is 17.7. The van der Waals surface area contributed by atoms with Crippen LogP contribution in [-0.2, 0) is 16.0 Å². The zero-order chi connectivity index (χ0) is 26.4. The summed E-state index contributed by atoms with van der Waals surface area (Å²) in [7, 11) is 1.74. The SMILES string of the molecule is COC[C@@H]1CCCN1Cc1ccc(C(=O)Nc2cc(-c3cccs3)ccc2NC(=O)OC(C)(C)C)cc1. The molecule has 0 bridgehead atoms. The van der Waals surface area contributed by atoms with Crippen LogP contribution in [0.2, 0.25) is 0 Å². The Morgan fingerprint density at radius 2 is 1.84 bits per heavy atom. The minimum Gasteiger partial charge on any atom is -0.444 e. The molecule has 0 spiro atoms. The number of likely N-dealkylation sites (tertiary alicyclic amines) is 1. The van der Waals surface area contributed by atoms with Crippen molar-refractivity contribution in [3.63, 3.8) is 0 Å². The second-order valence-corrected chi connectivity index (χ2v) is 11.2. The first kappa shape index (κ1) is 26.9. The fraction of sp³-hybridized carbons (Fsp3) is 0.379. The molecule has 1 atom stereocenters. The molecule has 0 saturated carbocycles. The fourth-order valence-corrected chi connectivity index (χ4v) is 5.17. The molecule has 7 nitrogen and oxygen atoms in total. The third-order valence-corrected chi connectivity index (χ3v) is 7.09. The van der Waals surface area contributed by atoms with Gasteiger partial charge in [0.1, 0.15) is 5.60 Å². The number of nitrogens with zero attached hydrogens (tertiary/aromatic N) is 1. The maximum absolute atomic E-state index is 13.2. The van der Waals surface area contributed by atoms with E-state index in [1.165, 1.54) is 6.42 Å². The topological polar surface area (TPSA) is 79.9 Å². The van der Waals surface area contributed by atoms with Crippen molar-refractivity contribution in [1.82, 2.24) is 4.90 Å². The first-order valence-electron chi connectivity index (χ1n) is 12.5. The maximum Gasteiger partial charge on any atom is 0.412 e. The quantitative estimate of drug-likeness (QED) is 0.348. The Balaban J connectivity index is 1.49. The van der Waals surface area contributed by atoms with Gasteiger partial charge in [-0.25, -0.2) is 4.79 Å². The molecule has 2 amide bonds. The number of carbonyl (C=O) groups excluding carboxylic acids is 2. The normalized spacial score (nSPS) is 15.9. The van der Waals surface area contributed by atoms with Gasteiger partial charge in [0.2, 0.25) is 0 Å². The van der Waals surface area contributed by atoms with E-state index in [0.29, 0.717) is 23.0 Å². The molecule has 1 aliphatic rings. The van der Waals surface area contributed by atoms with Crippen molar-refractivity contribution in [2.45, 2.75) is 51.8 Å². The van der Waals surface area contributed by atoms with E-state index in [1.54, 1.807) is 45.3 Å². The van der Waals surface area contributed by atoms with E-state index in [0.717, 1.165) is 42.1 Å². The molecule has 2 N–H and O–H groups in total. The van der Waals surface area contributed by atoms with Crippen LogP contribution >= 0.6 is 11.3 Å². The van der Waals surface area contributed by atoms with Crippen LogP contribution in [0.3, 0.4) is 0 Å². The molecule has 3 aromatic rings. The highest BCUT2D eigenvalue weighted by Crippen LogP contribution is 2.32. The van der Waals surface area contributed by atoms with Crippen LogP contribution in [-0.4, -0.2) is 48.8 Å². The van der Waals surface area contributed by atoms with Crippen LogP contribution in [0.15, 0.2) is 60.0 Å². The molecule has 0 radical (unpaired) electrons. The summed E-state index contributed by atoms with van der Waals surface area (Å²) in [6.07, 6.45) is 1.75. The minimum absolute atomic E-state index is 0.249. The first-order valence-corrected chi connectivity index (χ1v) is 13.4. The molecular formula is C29H35N3O4S. The van der Waals surface area contributed by atoms with Crippen LogP contribution in [0, 0.1) is 0 Å². The molecule has 4 rings (SSSR count). The van der Waals surface area contributed by atoms with Gasteiger partial charge < -0.3 is 14.8 Å². The second-order valence-electron chi connectivity index (χ2n) is 10.2. The van der Waals surface area contributed by atoms with Gasteiger partial charge in [-0.2, -0.15) is 0 Å². The van der Waals surface area contributed by atoms with Gasteiger partial charge in [0.15, 0.2) is 0 Å². The molecule has 0 aliphatic carbocycles. The van der Waals surface area contributed by atoms with Crippen molar-refractivity contribution in [1.29, 1.82) is 0 Å². The van der Waals surface area contributed by atoms with Crippen molar-refractivity contribution in [2.75, 3.05) is 30.9 Å². The van der Waals surface area contributed by atoms with Gasteiger partial charge in [0.05, 0.1) is 18.0 Å². The van der Waals surface area contributed by atoms with Crippen LogP contribution < -0.4 is 10.6 Å². The molecule has 1 saturated heterocycles. The summed E-state index contributed by atoms with van der Waals surface area (Å²) in [5.74, 6) is -0.249. The average Bonchev–Trinajstić information content (AvgIpc) is 3.52. The zero-order valence-electron chi connectivity index (χ0n) is 21.9. The lowest BCUT2D eigenvalue weighted by atomic mass is 10.1. The Morgan fingerprint density at radius 1 is 1.05 bits per heavy atom. The van der Waals surface area contributed by atoms with Gasteiger partial charge in [-0.3, -0.25) is 15.0 Å². The lowest BCUT2D eigenvalue weighted by Crippen LogP contribution is -2.32. The van der Waals surface area contributed by atoms with Crippen LogP contribution in [0.5, 0.6) is 0 Å². The van der Waals surface area contributed by atoms with E-state index in [2.05, 4.69) is 15.5 Å². The minimum atomic E-state index is -0.634. The van der Waals surface area contributed by atoms with Crippen molar-refractivity contribution in [2.24, 2.45) is 0 Å². The van der Waals surface area contributed by atoms with Crippen molar-refractivity contribution >= 4 is 34.7 Å². The molecule has 0 unspecified atom stereocenters. The molecule has 1 aliphatic heterocycles. The van der Waals surface area contributed by atoms with E-state index >= 15 is 0 Å². The van der Waals surface area contributed by atoms with E-state index < -0.39 is 11.7 Å². The third kappa shape index (κ3) is 7.41. The summed E-state index contributed by atoms with van der Waals surface area (Å²) in [5, 5.41) is 7.76. The Labute approximate surface area is 222 Å². The lowest BCUT2D eigenvalue weighted by molar-refractivity contribution is 0.0635. The lowest BCUT2D eigenvalue weighted by Gasteiger charge is -2.23. The smallest absolute Gasteiger partial charge is 0.412 e. The third-order valence-electron chi connectivity index (χ3n) is 6.17. The average molecular weight is 522 g/mol. The van der Waals surface area contributed by atoms with Gasteiger partial charge >= 0.3 is 6.09 Å². The first-order chi connectivity index (χ1) is 17.7. The summed E-state index contributed by atoms with van der Waals surface area (Å²) in [6.45, 7) is 8.05. The molecule has 1 aromatic heterocycles. The highest BCUT2D eigenvalue weighted by atomic mass is 32.1. The van der Waals surface area contributed by atoms with Crippen LogP contribution in [0.4, 0.5) is 16.2 Å². The summed E-state index contributed by atoms with van der Waals surface area (Å²) in [5.41, 5.74) is 3.00. The molecular weight excluding hydrogens is 486 g/mol. The largest absolute Gasteiger partial charge is 0.444 e. The second kappa shape index (κ2) is 11.9. The number of amides is 2. The van der Waals surface area contributed by atoms with E-state index in [4.69, 9.17) is 9.47 Å². The molecule has 37 heavy (non-hydrogen) atoms. The highest BCUT2D eigenvalue weighted by molar-refractivity contribution is 7.13. The highest BCUT2D eigenvalue weighted by Gasteiger charge is 2.24. The number of anilines is 2. The van der Waals surface area contributed by atoms with Crippen LogP contribution in [0.1, 0.15) is 49.5 Å². The molecule has 2 heterocycles. The van der Waals surface area contributed by atoms with E-state index in [1.807, 2.05) is 53.9 Å². The van der Waals surface area contributed by atoms with Crippen molar-refractivity contribution in [3.8, 4) is 10.4 Å². The molecule has 1 fully saturated rings. The summed E-state index contributed by atoms with van der Waals surface area (Å²) >= 11 is 1.61. The predicted molar refractivity (Wildman–Crippen MR) is 149 cm³/mol. The summed E-state index contributed by atoms with van der Waals surface area (Å²) < 4.78 is 10.8. The number of nitrogens with one attached hydrogen (secondary N) is 2. The predicted octanol–water partition coefficient (Wildman–Crippen LogP) is 6.63. The van der Waals surface area contributed by atoms with Crippen molar-refractivity contribution < 1.29 is 19.1 Å². The number of carbonyl (C=O) groups is 2. The van der Waals surface area contributed by atoms with Gasteiger partial charge in [-0.05, 0) is 87.0 Å². The standard InChI is InChI=1S/C29H35N3O4S/c1-29(2,3)36-28(34)31-24-14-13-22(26-8-6-16-37-26)17-25(24)30-27(33)21-11-9-20(10-12-21)18-32-15-5-7-23(32)19-35-4/h6,8-14,16-17,23H,5,7,15,18-19H2,1-4H3,(H,30,33)(H,31,34)/t23-/m0/s1. The number of methoxy groups -OCH3 is 1. The van der Waals surface area contributed by atoms with Crippen molar-refractivity contribution in [3.05, 3.63) is 71.1 Å². The Morgan fingerprint density at radius 3 is 2.51 bits per heavy atom. The van der Waals surface area contributed by atoms with Gasteiger partial charge in [0.25, 0.3) is 5.91 Å². The van der Waals surface area contributed by atoms with E-state index in [-0.39, 0.29) is 5.91 Å². The summed E-state index contributed by atoms with van der Waals surface area (Å²) in [4.78, 5) is 29.1. The fourth-order valence-electron chi connectivity index (χ4n) is 4.44. The number of ether oxygens (including phenoxy) is 2. The molecule has 8 heteroatoms. The van der Waals surface area contributed by atoms with Crippen LogP contribution in [0.25, 0.3) is 10.4 Å². The number of thiophene rings is 1. The number of rotatable bonds is 8. The van der Waals surface area contributed by atoms with E-state index in [9.17, 15) is 9.59 Å². The zero-order valence-corrected chi connectivity index (χ0v) is 22.7. The Hall–Kier alpha value is -3.20. The van der Waals surface area contributed by atoms with Gasteiger partial charge in [-0.15, -0.1) is 11.3 Å². The number of hydrogen-bond donors (Lipinski definition) is 2. The Bertz CT molecular complexity index is 1200. The monoisotopic (exact) mass is 521 g/mol. The maximum atomic E-state index is 13.2. The molecule has 196 valence electrons. The van der Waals surface area contributed by atoms with Gasteiger partial charge in [0, 0.05) is 30.1 Å². The Kier molecular flexibility index (Phi) is 8.63. The van der Waals surface area contributed by atoms with Gasteiger partial charge in [-0.1, -0.05) is 24.3 Å². The molecule has 2 aromatic carbocycles. The number of hydrogen-bond acceptors (Lipinski definition) is 6.